The Kier molecular flexibility index (Phi) is 5.36. The Morgan fingerprint density at radius 3 is 2.78 bits per heavy atom. The highest BCUT2D eigenvalue weighted by Gasteiger charge is 2.11. The molecule has 1 amide bonds. The number of carboxylic acid groups (broad SMARTS) is 1. The number of nitrogens with one attached hydrogen (secondary N) is 1. The summed E-state index contributed by atoms with van der Waals surface area (Å²) in [6.45, 7) is 0. The third-order valence-electron chi connectivity index (χ3n) is 2.89. The molecule has 0 saturated carbocycles. The number of amides is 1. The third-order valence-corrected chi connectivity index (χ3v) is 3.65. The number of nitro groups is 1. The minimum atomic E-state index is -1.19. The lowest BCUT2D eigenvalue weighted by Gasteiger charge is -2.02. The Balaban J connectivity index is 2.00. The Morgan fingerprint density at radius 1 is 1.30 bits per heavy atom. The van der Waals surface area contributed by atoms with Gasteiger partial charge in [-0.1, -0.05) is 12.1 Å². The van der Waals surface area contributed by atoms with Gasteiger partial charge in [0.15, 0.2) is 5.13 Å². The van der Waals surface area contributed by atoms with Gasteiger partial charge in [0.05, 0.1) is 10.6 Å². The van der Waals surface area contributed by atoms with Crippen LogP contribution in [0.3, 0.4) is 0 Å². The summed E-state index contributed by atoms with van der Waals surface area (Å²) in [5.74, 6) is -1.54. The third kappa shape index (κ3) is 4.85. The van der Waals surface area contributed by atoms with Crippen molar-refractivity contribution >= 4 is 34.0 Å². The summed E-state index contributed by atoms with van der Waals surface area (Å²) >= 11 is 1.19. The first-order valence-corrected chi connectivity index (χ1v) is 7.53. The van der Waals surface area contributed by atoms with Crippen LogP contribution in [0.25, 0.3) is 11.3 Å². The van der Waals surface area contributed by atoms with Crippen LogP contribution < -0.4 is 10.4 Å². The van der Waals surface area contributed by atoms with Gasteiger partial charge in [0.2, 0.25) is 5.91 Å². The molecular weight excluding hydrogens is 322 g/mol. The first-order chi connectivity index (χ1) is 11.0. The first-order valence-electron chi connectivity index (χ1n) is 6.66. The number of carbonyl (C=O) groups is 2. The first kappa shape index (κ1) is 16.6. The van der Waals surface area contributed by atoms with Gasteiger partial charge < -0.3 is 15.2 Å². The van der Waals surface area contributed by atoms with Crippen molar-refractivity contribution in [1.82, 2.24) is 4.98 Å². The molecule has 1 aromatic carbocycles. The van der Waals surface area contributed by atoms with E-state index in [4.69, 9.17) is 0 Å². The maximum atomic E-state index is 11.6. The Morgan fingerprint density at radius 2 is 2.09 bits per heavy atom. The summed E-state index contributed by atoms with van der Waals surface area (Å²) in [7, 11) is 0. The second-order valence-corrected chi connectivity index (χ2v) is 5.48. The van der Waals surface area contributed by atoms with Gasteiger partial charge in [-0.05, 0) is 12.8 Å². The number of nitro benzene ring substituents is 1. The van der Waals surface area contributed by atoms with Crippen LogP contribution in [-0.2, 0) is 9.59 Å². The lowest BCUT2D eigenvalue weighted by molar-refractivity contribution is -0.384. The highest BCUT2D eigenvalue weighted by Crippen LogP contribution is 2.27. The minimum Gasteiger partial charge on any atom is -0.550 e. The van der Waals surface area contributed by atoms with E-state index in [1.54, 1.807) is 17.5 Å². The predicted molar refractivity (Wildman–Crippen MR) is 81.7 cm³/mol. The van der Waals surface area contributed by atoms with Gasteiger partial charge in [-0.15, -0.1) is 11.3 Å². The van der Waals surface area contributed by atoms with Crippen molar-refractivity contribution in [1.29, 1.82) is 0 Å². The molecule has 8 nitrogen and oxygen atoms in total. The van der Waals surface area contributed by atoms with Gasteiger partial charge in [-0.25, -0.2) is 4.98 Å². The molecular formula is C14H12N3O5S-. The lowest BCUT2D eigenvalue weighted by atomic mass is 10.1. The normalized spacial score (nSPS) is 10.3. The maximum absolute atomic E-state index is 11.6. The zero-order valence-corrected chi connectivity index (χ0v) is 12.7. The van der Waals surface area contributed by atoms with Gasteiger partial charge in [-0.2, -0.15) is 0 Å². The number of non-ortho nitro benzene ring substituents is 1. The van der Waals surface area contributed by atoms with E-state index in [0.29, 0.717) is 16.4 Å². The molecule has 2 rings (SSSR count). The Bertz CT molecular complexity index is 744. The summed E-state index contributed by atoms with van der Waals surface area (Å²) in [5.41, 5.74) is 1.06. The SMILES string of the molecule is O=C([O-])CCCC(=O)Nc1nc(-c2cccc([N+](=O)[O-])c2)cs1. The van der Waals surface area contributed by atoms with Gasteiger partial charge >= 0.3 is 0 Å². The van der Waals surface area contributed by atoms with Crippen LogP contribution in [0.15, 0.2) is 29.6 Å². The van der Waals surface area contributed by atoms with Crippen molar-refractivity contribution in [2.45, 2.75) is 19.3 Å². The molecule has 0 aliphatic heterocycles. The molecule has 0 aliphatic rings. The number of carboxylic acids is 1. The zero-order valence-electron chi connectivity index (χ0n) is 11.9. The largest absolute Gasteiger partial charge is 0.550 e. The zero-order chi connectivity index (χ0) is 16.8. The van der Waals surface area contributed by atoms with E-state index in [9.17, 15) is 24.8 Å². The number of aromatic nitrogens is 1. The second kappa shape index (κ2) is 7.45. The molecule has 0 radical (unpaired) electrons. The molecule has 2 aromatic rings. The fourth-order valence-corrected chi connectivity index (χ4v) is 2.55. The highest BCUT2D eigenvalue weighted by atomic mass is 32.1. The maximum Gasteiger partial charge on any atom is 0.270 e. The van der Waals surface area contributed by atoms with Gasteiger partial charge in [0.1, 0.15) is 0 Å². The average Bonchev–Trinajstić information content (AvgIpc) is 2.95. The lowest BCUT2D eigenvalue weighted by Crippen LogP contribution is -2.22. The van der Waals surface area contributed by atoms with E-state index in [-0.39, 0.29) is 30.9 Å². The standard InChI is InChI=1S/C14H13N3O5S/c18-12(5-2-6-13(19)20)16-14-15-11(8-23-14)9-3-1-4-10(7-9)17(21)22/h1,3-4,7-8H,2,5-6H2,(H,19,20)(H,15,16,18)/p-1. The minimum absolute atomic E-state index is 0.0386. The molecule has 0 aliphatic carbocycles. The van der Waals surface area contributed by atoms with Crippen LogP contribution in [0.5, 0.6) is 0 Å². The van der Waals surface area contributed by atoms with Crippen LogP contribution in [-0.4, -0.2) is 21.8 Å². The molecule has 120 valence electrons. The van der Waals surface area contributed by atoms with E-state index in [1.807, 2.05) is 0 Å². The van der Waals surface area contributed by atoms with Crippen LogP contribution >= 0.6 is 11.3 Å². The van der Waals surface area contributed by atoms with Crippen molar-refractivity contribution in [2.75, 3.05) is 5.32 Å². The fourth-order valence-electron chi connectivity index (χ4n) is 1.82. The topological polar surface area (TPSA) is 125 Å². The number of nitrogens with zero attached hydrogens (tertiary/aromatic N) is 2. The van der Waals surface area contributed by atoms with E-state index in [1.165, 1.54) is 23.5 Å². The molecule has 0 fully saturated rings. The van der Waals surface area contributed by atoms with Crippen molar-refractivity contribution in [3.05, 3.63) is 39.8 Å². The predicted octanol–water partition coefficient (Wildman–Crippen LogP) is 1.58. The molecule has 0 unspecified atom stereocenters. The van der Waals surface area contributed by atoms with Crippen LogP contribution in [0.2, 0.25) is 0 Å². The van der Waals surface area contributed by atoms with E-state index < -0.39 is 10.9 Å². The smallest absolute Gasteiger partial charge is 0.270 e. The second-order valence-electron chi connectivity index (χ2n) is 4.62. The molecule has 0 atom stereocenters. The molecule has 0 saturated heterocycles. The Hall–Kier alpha value is -2.81. The van der Waals surface area contributed by atoms with Crippen molar-refractivity contribution in [2.24, 2.45) is 0 Å². The van der Waals surface area contributed by atoms with E-state index in [2.05, 4.69) is 10.3 Å². The number of anilines is 1. The van der Waals surface area contributed by atoms with Crippen molar-refractivity contribution < 1.29 is 19.6 Å². The van der Waals surface area contributed by atoms with Crippen LogP contribution in [0.1, 0.15) is 19.3 Å². The molecule has 1 heterocycles. The molecule has 1 N–H and O–H groups in total. The number of hydrogen-bond acceptors (Lipinski definition) is 7. The Labute approximate surface area is 134 Å². The molecule has 9 heteroatoms. The van der Waals surface area contributed by atoms with Crippen molar-refractivity contribution in [3.63, 3.8) is 0 Å². The number of benzene rings is 1. The van der Waals surface area contributed by atoms with Crippen molar-refractivity contribution in [3.8, 4) is 11.3 Å². The summed E-state index contributed by atoms with van der Waals surface area (Å²) in [5, 5.41) is 25.6. The van der Waals surface area contributed by atoms with E-state index >= 15 is 0 Å². The van der Waals surface area contributed by atoms with Gasteiger partial charge in [0.25, 0.3) is 5.69 Å². The summed E-state index contributed by atoms with van der Waals surface area (Å²) in [6, 6.07) is 6.04. The quantitative estimate of drug-likeness (QED) is 0.605. The summed E-state index contributed by atoms with van der Waals surface area (Å²) in [4.78, 5) is 36.4. The molecule has 23 heavy (non-hydrogen) atoms. The van der Waals surface area contributed by atoms with Crippen LogP contribution in [0.4, 0.5) is 10.8 Å². The fraction of sp³-hybridized carbons (Fsp3) is 0.214. The summed E-state index contributed by atoms with van der Waals surface area (Å²) in [6.07, 6.45) is 0.0706. The average molecular weight is 334 g/mol. The van der Waals surface area contributed by atoms with Gasteiger partial charge in [0, 0.05) is 35.5 Å². The number of hydrogen-bond donors (Lipinski definition) is 1. The number of aliphatic carboxylic acids is 1. The summed E-state index contributed by atoms with van der Waals surface area (Å²) < 4.78 is 0. The monoisotopic (exact) mass is 334 g/mol. The molecule has 1 aromatic heterocycles. The number of carbonyl (C=O) groups excluding carboxylic acids is 2. The highest BCUT2D eigenvalue weighted by molar-refractivity contribution is 7.14. The van der Waals surface area contributed by atoms with E-state index in [0.717, 1.165) is 0 Å². The van der Waals surface area contributed by atoms with Gasteiger partial charge in [-0.3, -0.25) is 14.9 Å². The number of rotatable bonds is 7. The molecule has 0 bridgehead atoms. The van der Waals surface area contributed by atoms with Crippen LogP contribution in [0, 0.1) is 10.1 Å². The molecule has 0 spiro atoms. The number of thiazole rings is 1.